The fourth-order valence-electron chi connectivity index (χ4n) is 9.97. The van der Waals surface area contributed by atoms with E-state index in [4.69, 9.17) is 9.47 Å². The Morgan fingerprint density at radius 2 is 1.73 bits per heavy atom. The van der Waals surface area contributed by atoms with E-state index in [0.29, 0.717) is 36.3 Å². The summed E-state index contributed by atoms with van der Waals surface area (Å²) in [6.45, 7) is 14.1. The number of hydrogen-bond donors (Lipinski definition) is 2. The van der Waals surface area contributed by atoms with Gasteiger partial charge >= 0.3 is 0 Å². The molecule has 2 aliphatic heterocycles. The summed E-state index contributed by atoms with van der Waals surface area (Å²) in [7, 11) is -0.777. The van der Waals surface area contributed by atoms with E-state index in [9.17, 15) is 9.90 Å². The van der Waals surface area contributed by atoms with Gasteiger partial charge in [-0.05, 0) is 93.6 Å². The first-order chi connectivity index (χ1) is 29.9. The molecule has 4 aromatic carbocycles. The summed E-state index contributed by atoms with van der Waals surface area (Å²) in [5, 5.41) is 24.6. The van der Waals surface area contributed by atoms with Gasteiger partial charge in [0.05, 0.1) is 61.8 Å². The predicted molar refractivity (Wildman–Crippen MR) is 248 cm³/mol. The molecule has 1 fully saturated rings. The second kappa shape index (κ2) is 17.5. The highest BCUT2D eigenvalue weighted by molar-refractivity contribution is 6.91. The Morgan fingerprint density at radius 1 is 0.984 bits per heavy atom. The molecule has 1 spiro atoms. The Hall–Kier alpha value is -5.82. The third-order valence-corrected chi connectivity index (χ3v) is 17.7. The molecule has 1 unspecified atom stereocenters. The van der Waals surface area contributed by atoms with Crippen molar-refractivity contribution in [1.29, 1.82) is 0 Å². The highest BCUT2D eigenvalue weighted by Crippen LogP contribution is 2.60. The number of aliphatic hydroxyl groups excluding tert-OH is 1. The van der Waals surface area contributed by atoms with E-state index in [0.717, 1.165) is 40.9 Å². The monoisotopic (exact) mass is 850 g/mol. The van der Waals surface area contributed by atoms with E-state index in [-0.39, 0.29) is 41.6 Å². The van der Waals surface area contributed by atoms with E-state index < -0.39 is 13.7 Å². The molecule has 0 radical (unpaired) electrons. The quantitative estimate of drug-likeness (QED) is 0.0785. The van der Waals surface area contributed by atoms with Gasteiger partial charge in [0.2, 0.25) is 0 Å². The molecule has 6 aromatic rings. The third kappa shape index (κ3) is 7.80. The fraction of sp³-hybridized carbons (Fsp3) is 0.360. The number of methoxy groups -OCH3 is 1. The van der Waals surface area contributed by atoms with Crippen molar-refractivity contribution in [2.75, 3.05) is 25.2 Å². The first-order valence-corrected chi connectivity index (χ1v) is 24.8. The second-order valence-electron chi connectivity index (χ2n) is 17.8. The minimum Gasteiger partial charge on any atom is -0.497 e. The van der Waals surface area contributed by atoms with Crippen LogP contribution in [0.5, 0.6) is 5.75 Å². The molecule has 2 aromatic heterocycles. The lowest BCUT2D eigenvalue weighted by molar-refractivity contribution is -0.145. The summed E-state index contributed by atoms with van der Waals surface area (Å²) in [5.74, 6) is 0.166. The normalized spacial score (nSPS) is 20.6. The maximum atomic E-state index is 15.6. The standard InChI is InChI=1S/C50H58N6O5Si/c1-33(2)14-13-15-34(3)26-29-55-45-25-20-37(56-48(58)40-18-11-12-19-43(40)52-56)30-42(45)50(49(55)59)35(4)47(62(6,7)39-23-21-38(60-5)22-24-39)46(61-50)27-28-54-31-44(51-53-54)41(32-57)36-16-9-8-10-17-36/h8-12,14,16-26,30-31,35,41,46-47,52,57H,13,15,27-29,32H2,1-7H3/b34-26+/t35-,41?,46+,47-,50+/m0/s1. The van der Waals surface area contributed by atoms with Crippen LogP contribution >= 0.6 is 0 Å². The summed E-state index contributed by atoms with van der Waals surface area (Å²) < 4.78 is 16.5. The molecule has 8 rings (SSSR count). The molecule has 0 bridgehead atoms. The van der Waals surface area contributed by atoms with Crippen molar-refractivity contribution in [1.82, 2.24) is 24.8 Å². The van der Waals surface area contributed by atoms with Crippen LogP contribution in [0.1, 0.15) is 69.7 Å². The minimum atomic E-state index is -2.45. The maximum absolute atomic E-state index is 15.6. The number of fused-ring (bicyclic) bond motifs is 3. The first kappa shape index (κ1) is 42.9. The van der Waals surface area contributed by atoms with E-state index >= 15 is 4.79 Å². The zero-order valence-corrected chi connectivity index (χ0v) is 37.8. The number of para-hydroxylation sites is 1. The Bertz CT molecular complexity index is 2680. The predicted octanol–water partition coefficient (Wildman–Crippen LogP) is 8.39. The van der Waals surface area contributed by atoms with Crippen molar-refractivity contribution in [3.8, 4) is 11.4 Å². The lowest BCUT2D eigenvalue weighted by Crippen LogP contribution is -2.52. The molecule has 2 aliphatic rings. The highest BCUT2D eigenvalue weighted by Gasteiger charge is 2.66. The number of anilines is 1. The minimum absolute atomic E-state index is 0.00838. The highest BCUT2D eigenvalue weighted by atomic mass is 28.3. The van der Waals surface area contributed by atoms with Crippen LogP contribution in [-0.4, -0.2) is 70.2 Å². The van der Waals surface area contributed by atoms with Gasteiger partial charge in [-0.25, -0.2) is 4.68 Å². The van der Waals surface area contributed by atoms with Crippen LogP contribution in [0.15, 0.2) is 131 Å². The van der Waals surface area contributed by atoms with Crippen molar-refractivity contribution in [2.24, 2.45) is 5.92 Å². The fourth-order valence-corrected chi connectivity index (χ4v) is 14.0. The molecule has 62 heavy (non-hydrogen) atoms. The molecular formula is C50H58N6O5Si. The van der Waals surface area contributed by atoms with Crippen molar-refractivity contribution in [2.45, 2.75) is 89.8 Å². The Labute approximate surface area is 364 Å². The second-order valence-corrected chi connectivity index (χ2v) is 22.5. The number of nitrogens with one attached hydrogen (secondary N) is 1. The number of rotatable bonds is 15. The Morgan fingerprint density at radius 3 is 2.44 bits per heavy atom. The number of benzene rings is 4. The molecule has 1 saturated heterocycles. The van der Waals surface area contributed by atoms with E-state index in [1.807, 2.05) is 101 Å². The van der Waals surface area contributed by atoms with Crippen LogP contribution in [0, 0.1) is 5.92 Å². The topological polar surface area (TPSA) is 127 Å². The lowest BCUT2D eigenvalue weighted by atomic mass is 9.82. The van der Waals surface area contributed by atoms with Gasteiger partial charge < -0.3 is 19.5 Å². The van der Waals surface area contributed by atoms with Crippen LogP contribution < -0.4 is 20.4 Å². The van der Waals surface area contributed by atoms with Gasteiger partial charge in [0.1, 0.15) is 5.75 Å². The van der Waals surface area contributed by atoms with E-state index in [1.165, 1.54) is 16.3 Å². The molecule has 0 aliphatic carbocycles. The molecular weight excluding hydrogens is 793 g/mol. The zero-order valence-electron chi connectivity index (χ0n) is 36.8. The average molecular weight is 851 g/mol. The van der Waals surface area contributed by atoms with Gasteiger partial charge in [0.15, 0.2) is 5.60 Å². The molecule has 0 saturated carbocycles. The maximum Gasteiger partial charge on any atom is 0.279 e. The molecule has 2 N–H and O–H groups in total. The number of aryl methyl sites for hydroxylation is 1. The summed E-state index contributed by atoms with van der Waals surface area (Å²) in [6, 6.07) is 31.6. The first-order valence-electron chi connectivity index (χ1n) is 21.7. The number of aliphatic hydroxyl groups is 1. The van der Waals surface area contributed by atoms with Crippen molar-refractivity contribution in [3.63, 3.8) is 0 Å². The Kier molecular flexibility index (Phi) is 12.1. The van der Waals surface area contributed by atoms with Gasteiger partial charge in [-0.15, -0.1) is 5.10 Å². The van der Waals surface area contributed by atoms with Gasteiger partial charge in [0, 0.05) is 30.8 Å². The smallest absolute Gasteiger partial charge is 0.279 e. The number of ether oxygens (including phenoxy) is 2. The molecule has 5 atom stereocenters. The lowest BCUT2D eigenvalue weighted by Gasteiger charge is -2.37. The van der Waals surface area contributed by atoms with Gasteiger partial charge in [-0.1, -0.05) is 108 Å². The number of aromatic amines is 1. The Balaban J connectivity index is 1.21. The third-order valence-electron chi connectivity index (χ3n) is 13.3. The molecule has 11 nitrogen and oxygen atoms in total. The van der Waals surface area contributed by atoms with Crippen LogP contribution in [0.4, 0.5) is 5.69 Å². The SMILES string of the molecule is COc1ccc([Si](C)(C)[C@@H]2[C@@H](CCn3cc(C(CO)c4ccccc4)nn3)O[C@]3(C(=O)N(C/C=C(\C)CCC=C(C)C)c4ccc(-n5[nH]c6ccccc6c5=O)cc43)[C@H]2C)cc1. The number of allylic oxidation sites excluding steroid dienone is 3. The van der Waals surface area contributed by atoms with Crippen LogP contribution in [-0.2, 0) is 21.7 Å². The number of H-pyrrole nitrogens is 1. The number of carbonyl (C=O) groups is 1. The van der Waals surface area contributed by atoms with E-state index in [2.05, 4.69) is 80.5 Å². The number of carbonyl (C=O) groups excluding carboxylic acids is 1. The van der Waals surface area contributed by atoms with Crippen molar-refractivity contribution < 1.29 is 19.4 Å². The molecule has 4 heterocycles. The van der Waals surface area contributed by atoms with Crippen molar-refractivity contribution in [3.05, 3.63) is 154 Å². The molecule has 1 amide bonds. The van der Waals surface area contributed by atoms with E-state index in [1.54, 1.807) is 11.8 Å². The average Bonchev–Trinajstić information content (AvgIpc) is 4.02. The number of nitrogens with zero attached hydrogens (tertiary/aromatic N) is 5. The summed E-state index contributed by atoms with van der Waals surface area (Å²) in [4.78, 5) is 31.3. The largest absolute Gasteiger partial charge is 0.497 e. The number of amides is 1. The van der Waals surface area contributed by atoms with Crippen LogP contribution in [0.2, 0.25) is 18.6 Å². The van der Waals surface area contributed by atoms with Gasteiger partial charge in [-0.2, -0.15) is 0 Å². The summed E-state index contributed by atoms with van der Waals surface area (Å²) in [5.41, 5.74) is 5.63. The van der Waals surface area contributed by atoms with Crippen molar-refractivity contribution >= 4 is 35.8 Å². The summed E-state index contributed by atoms with van der Waals surface area (Å²) >= 11 is 0. The zero-order chi connectivity index (χ0) is 43.8. The van der Waals surface area contributed by atoms with Gasteiger partial charge in [0.25, 0.3) is 11.5 Å². The number of hydrogen-bond acceptors (Lipinski definition) is 7. The molecule has 322 valence electrons. The molecule has 12 heteroatoms. The summed E-state index contributed by atoms with van der Waals surface area (Å²) in [6.07, 6.45) is 8.41. The number of aromatic nitrogens is 5. The van der Waals surface area contributed by atoms with Crippen LogP contribution in [0.25, 0.3) is 16.6 Å². The van der Waals surface area contributed by atoms with Gasteiger partial charge in [-0.3, -0.25) is 19.4 Å². The van der Waals surface area contributed by atoms with Crippen LogP contribution in [0.3, 0.4) is 0 Å².